The van der Waals surface area contributed by atoms with Crippen molar-refractivity contribution < 1.29 is 0 Å². The summed E-state index contributed by atoms with van der Waals surface area (Å²) in [7, 11) is 4.18. The van der Waals surface area contributed by atoms with Crippen LogP contribution in [0.2, 0.25) is 0 Å². The van der Waals surface area contributed by atoms with Crippen LogP contribution in [0.4, 0.5) is 5.00 Å². The van der Waals surface area contributed by atoms with Gasteiger partial charge in [-0.25, -0.2) is 9.50 Å². The standard InChI is InChI=1S/C20H28N4S/c1-8-15(9-2)16-11-13(4)21-20-18(14(5)22-24(16)20)19-12(3)10-17(25-19)23(6)7/h10-11,15H,8-9H2,1-7H3. The van der Waals surface area contributed by atoms with Gasteiger partial charge in [0, 0.05) is 36.3 Å². The number of aryl methyl sites for hydroxylation is 3. The highest BCUT2D eigenvalue weighted by atomic mass is 32.1. The number of hydrogen-bond donors (Lipinski definition) is 0. The van der Waals surface area contributed by atoms with Crippen LogP contribution in [0.15, 0.2) is 12.1 Å². The van der Waals surface area contributed by atoms with Crippen LogP contribution in [-0.2, 0) is 0 Å². The quantitative estimate of drug-likeness (QED) is 0.617. The minimum absolute atomic E-state index is 0.512. The van der Waals surface area contributed by atoms with E-state index in [4.69, 9.17) is 10.1 Å². The summed E-state index contributed by atoms with van der Waals surface area (Å²) in [6.45, 7) is 10.9. The second-order valence-electron chi connectivity index (χ2n) is 7.02. The molecule has 5 heteroatoms. The molecule has 4 nitrogen and oxygen atoms in total. The van der Waals surface area contributed by atoms with Crippen LogP contribution in [0.1, 0.15) is 55.3 Å². The molecule has 0 aromatic carbocycles. The van der Waals surface area contributed by atoms with Gasteiger partial charge in [-0.3, -0.25) is 0 Å². The van der Waals surface area contributed by atoms with Gasteiger partial charge >= 0.3 is 0 Å². The topological polar surface area (TPSA) is 33.4 Å². The molecule has 0 N–H and O–H groups in total. The Morgan fingerprint density at radius 2 is 1.80 bits per heavy atom. The Morgan fingerprint density at radius 1 is 1.12 bits per heavy atom. The first-order valence-electron chi connectivity index (χ1n) is 9.02. The van der Waals surface area contributed by atoms with Gasteiger partial charge in [0.2, 0.25) is 0 Å². The van der Waals surface area contributed by atoms with Gasteiger partial charge in [0.1, 0.15) is 0 Å². The van der Waals surface area contributed by atoms with Gasteiger partial charge in [-0.2, -0.15) is 5.10 Å². The molecular weight excluding hydrogens is 328 g/mol. The van der Waals surface area contributed by atoms with Gasteiger partial charge in [0.05, 0.1) is 16.3 Å². The molecule has 134 valence electrons. The number of thiophene rings is 1. The molecule has 3 aromatic rings. The van der Waals surface area contributed by atoms with E-state index in [1.165, 1.54) is 26.7 Å². The third kappa shape index (κ3) is 3.06. The van der Waals surface area contributed by atoms with E-state index in [0.717, 1.165) is 29.9 Å². The molecule has 3 heterocycles. The maximum absolute atomic E-state index is 4.89. The molecule has 0 aliphatic carbocycles. The summed E-state index contributed by atoms with van der Waals surface area (Å²) in [5.41, 5.74) is 6.88. The third-order valence-electron chi connectivity index (χ3n) is 4.90. The Morgan fingerprint density at radius 3 is 2.36 bits per heavy atom. The largest absolute Gasteiger partial charge is 0.370 e. The first-order chi connectivity index (χ1) is 11.9. The number of hydrogen-bond acceptors (Lipinski definition) is 4. The zero-order valence-electron chi connectivity index (χ0n) is 16.3. The maximum Gasteiger partial charge on any atom is 0.164 e. The van der Waals surface area contributed by atoms with E-state index < -0.39 is 0 Å². The fraction of sp³-hybridized carbons (Fsp3) is 0.500. The number of nitrogens with zero attached hydrogens (tertiary/aromatic N) is 4. The molecule has 0 saturated heterocycles. The molecule has 0 spiro atoms. The monoisotopic (exact) mass is 356 g/mol. The van der Waals surface area contributed by atoms with Crippen LogP contribution in [0, 0.1) is 20.8 Å². The van der Waals surface area contributed by atoms with Crippen molar-refractivity contribution in [3.63, 3.8) is 0 Å². The van der Waals surface area contributed by atoms with Crippen LogP contribution >= 0.6 is 11.3 Å². The molecule has 3 rings (SSSR count). The van der Waals surface area contributed by atoms with Gasteiger partial charge in [-0.1, -0.05) is 13.8 Å². The molecule has 0 saturated carbocycles. The molecular formula is C20H28N4S. The van der Waals surface area contributed by atoms with E-state index in [1.54, 1.807) is 0 Å². The predicted octanol–water partition coefficient (Wildman–Crippen LogP) is 5.35. The summed E-state index contributed by atoms with van der Waals surface area (Å²) in [5, 5.41) is 6.15. The zero-order valence-corrected chi connectivity index (χ0v) is 17.2. The van der Waals surface area contributed by atoms with Crippen molar-refractivity contribution in [3.05, 3.63) is 34.8 Å². The average molecular weight is 357 g/mol. The molecule has 3 aromatic heterocycles. The van der Waals surface area contributed by atoms with E-state index >= 15 is 0 Å². The zero-order chi connectivity index (χ0) is 18.3. The number of anilines is 1. The van der Waals surface area contributed by atoms with Crippen molar-refractivity contribution in [2.24, 2.45) is 0 Å². The van der Waals surface area contributed by atoms with Crippen LogP contribution in [0.5, 0.6) is 0 Å². The molecule has 0 atom stereocenters. The molecule has 25 heavy (non-hydrogen) atoms. The molecule has 0 unspecified atom stereocenters. The van der Waals surface area contributed by atoms with E-state index in [1.807, 2.05) is 11.3 Å². The van der Waals surface area contributed by atoms with Gasteiger partial charge in [0.15, 0.2) is 5.65 Å². The Hall–Kier alpha value is -1.88. The van der Waals surface area contributed by atoms with E-state index in [-0.39, 0.29) is 0 Å². The Labute approximate surface area is 154 Å². The van der Waals surface area contributed by atoms with Gasteiger partial charge in [-0.15, -0.1) is 11.3 Å². The van der Waals surface area contributed by atoms with Crippen LogP contribution in [0.25, 0.3) is 16.1 Å². The lowest BCUT2D eigenvalue weighted by Crippen LogP contribution is -2.07. The van der Waals surface area contributed by atoms with Crippen molar-refractivity contribution in [3.8, 4) is 10.4 Å². The van der Waals surface area contributed by atoms with Crippen molar-refractivity contribution in [1.29, 1.82) is 0 Å². The SMILES string of the molecule is CCC(CC)c1cc(C)nc2c(-c3sc(N(C)C)cc3C)c(C)nn12. The lowest BCUT2D eigenvalue weighted by molar-refractivity contribution is 0.598. The molecule has 0 aliphatic heterocycles. The fourth-order valence-electron chi connectivity index (χ4n) is 3.47. The first kappa shape index (κ1) is 17.9. The van der Waals surface area contributed by atoms with Gasteiger partial charge in [0.25, 0.3) is 0 Å². The number of aromatic nitrogens is 3. The first-order valence-corrected chi connectivity index (χ1v) is 9.83. The Balaban J connectivity index is 2.29. The third-order valence-corrected chi connectivity index (χ3v) is 6.32. The highest BCUT2D eigenvalue weighted by Gasteiger charge is 2.22. The summed E-state index contributed by atoms with van der Waals surface area (Å²) in [4.78, 5) is 8.32. The predicted molar refractivity (Wildman–Crippen MR) is 108 cm³/mol. The lowest BCUT2D eigenvalue weighted by atomic mass is 9.98. The highest BCUT2D eigenvalue weighted by molar-refractivity contribution is 7.19. The van der Waals surface area contributed by atoms with E-state index in [9.17, 15) is 0 Å². The average Bonchev–Trinajstić information content (AvgIpc) is 3.08. The minimum Gasteiger partial charge on any atom is -0.370 e. The lowest BCUT2D eigenvalue weighted by Gasteiger charge is -2.15. The normalized spacial score (nSPS) is 11.7. The number of fused-ring (bicyclic) bond motifs is 1. The van der Waals surface area contributed by atoms with Gasteiger partial charge < -0.3 is 4.90 Å². The van der Waals surface area contributed by atoms with Crippen LogP contribution < -0.4 is 4.90 Å². The molecule has 0 aliphatic rings. The molecule has 0 radical (unpaired) electrons. The summed E-state index contributed by atoms with van der Waals surface area (Å²) >= 11 is 1.82. The minimum atomic E-state index is 0.512. The van der Waals surface area contributed by atoms with Crippen molar-refractivity contribution in [1.82, 2.24) is 14.6 Å². The fourth-order valence-corrected chi connectivity index (χ4v) is 4.66. The second-order valence-corrected chi connectivity index (χ2v) is 8.05. The molecule has 0 bridgehead atoms. The summed E-state index contributed by atoms with van der Waals surface area (Å²) in [5.74, 6) is 0.512. The maximum atomic E-state index is 4.89. The van der Waals surface area contributed by atoms with Crippen molar-refractivity contribution in [2.75, 3.05) is 19.0 Å². The van der Waals surface area contributed by atoms with E-state index in [0.29, 0.717) is 5.92 Å². The number of rotatable bonds is 5. The second kappa shape index (κ2) is 6.79. The summed E-state index contributed by atoms with van der Waals surface area (Å²) < 4.78 is 2.09. The van der Waals surface area contributed by atoms with Gasteiger partial charge in [-0.05, 0) is 51.3 Å². The van der Waals surface area contributed by atoms with Crippen molar-refractivity contribution >= 4 is 22.0 Å². The van der Waals surface area contributed by atoms with Crippen LogP contribution in [0.3, 0.4) is 0 Å². The Kier molecular flexibility index (Phi) is 4.87. The van der Waals surface area contributed by atoms with E-state index in [2.05, 4.69) is 70.3 Å². The summed E-state index contributed by atoms with van der Waals surface area (Å²) in [6, 6.07) is 4.45. The van der Waals surface area contributed by atoms with Crippen molar-refractivity contribution in [2.45, 2.75) is 53.4 Å². The van der Waals surface area contributed by atoms with Crippen LogP contribution in [-0.4, -0.2) is 28.7 Å². The smallest absolute Gasteiger partial charge is 0.164 e. The Bertz CT molecular complexity index is 900. The molecule has 0 fully saturated rings. The highest BCUT2D eigenvalue weighted by Crippen LogP contribution is 2.40. The molecule has 0 amide bonds. The summed E-state index contributed by atoms with van der Waals surface area (Å²) in [6.07, 6.45) is 2.23.